The number of hydrogen-bond acceptors (Lipinski definition) is 5. The first-order valence-electron chi connectivity index (χ1n) is 12.1. The van der Waals surface area contributed by atoms with Gasteiger partial charge in [0.1, 0.15) is 6.54 Å². The summed E-state index contributed by atoms with van der Waals surface area (Å²) in [5, 5.41) is 8.15. The Labute approximate surface area is 202 Å². The number of carbonyl (C=O) groups is 2. The number of urea groups is 1. The summed E-state index contributed by atoms with van der Waals surface area (Å²) in [5.41, 5.74) is 2.88. The Kier molecular flexibility index (Phi) is 8.38. The fraction of sp³-hybridized carbons (Fsp3) is 0.462. The minimum absolute atomic E-state index is 0.112. The van der Waals surface area contributed by atoms with Gasteiger partial charge in [0.15, 0.2) is 0 Å². The van der Waals surface area contributed by atoms with Gasteiger partial charge in [0.05, 0.1) is 11.4 Å². The van der Waals surface area contributed by atoms with Crippen molar-refractivity contribution in [3.8, 4) is 0 Å². The van der Waals surface area contributed by atoms with E-state index in [1.165, 1.54) is 5.56 Å². The highest BCUT2D eigenvalue weighted by molar-refractivity contribution is 5.87. The van der Waals surface area contributed by atoms with Crippen LogP contribution < -0.4 is 15.5 Å². The molecule has 34 heavy (non-hydrogen) atoms. The number of amides is 3. The summed E-state index contributed by atoms with van der Waals surface area (Å²) in [6.07, 6.45) is 1.01. The van der Waals surface area contributed by atoms with E-state index >= 15 is 0 Å². The Morgan fingerprint density at radius 2 is 1.50 bits per heavy atom. The maximum absolute atomic E-state index is 12.6. The Balaban J connectivity index is 1.19. The van der Waals surface area contributed by atoms with E-state index in [1.807, 2.05) is 30.3 Å². The normalized spacial score (nSPS) is 17.4. The lowest BCUT2D eigenvalue weighted by atomic mass is 10.1. The monoisotopic (exact) mass is 462 g/mol. The maximum Gasteiger partial charge on any atom is 0.363 e. The molecule has 0 spiro atoms. The average molecular weight is 463 g/mol. The Hall–Kier alpha value is -3.10. The van der Waals surface area contributed by atoms with Crippen molar-refractivity contribution in [1.29, 1.82) is 0 Å². The summed E-state index contributed by atoms with van der Waals surface area (Å²) < 4.78 is 0. The SMILES string of the molecule is CN1CCN(c2ccccc2[N]C(=O)[N]CC(=O)N2CCN(CCc3ccccc3)CC2)CC1. The molecule has 8 heteroatoms. The van der Waals surface area contributed by atoms with Crippen LogP contribution in [0.25, 0.3) is 0 Å². The molecule has 0 aliphatic carbocycles. The van der Waals surface area contributed by atoms with Crippen LogP contribution in [-0.4, -0.2) is 99.1 Å². The topological polar surface area (TPSA) is 75.3 Å². The summed E-state index contributed by atoms with van der Waals surface area (Å²) in [4.78, 5) is 33.7. The number of benzene rings is 2. The smallest absolute Gasteiger partial charge is 0.363 e. The lowest BCUT2D eigenvalue weighted by Gasteiger charge is -2.35. The first-order valence-corrected chi connectivity index (χ1v) is 12.1. The van der Waals surface area contributed by atoms with Crippen LogP contribution in [0.5, 0.6) is 0 Å². The van der Waals surface area contributed by atoms with Gasteiger partial charge < -0.3 is 14.7 Å². The lowest BCUT2D eigenvalue weighted by molar-refractivity contribution is -0.131. The van der Waals surface area contributed by atoms with Crippen LogP contribution in [-0.2, 0) is 11.2 Å². The highest BCUT2D eigenvalue weighted by Crippen LogP contribution is 2.26. The van der Waals surface area contributed by atoms with E-state index in [4.69, 9.17) is 0 Å². The predicted octanol–water partition coefficient (Wildman–Crippen LogP) is 1.79. The van der Waals surface area contributed by atoms with E-state index in [0.717, 1.165) is 57.9 Å². The zero-order valence-corrected chi connectivity index (χ0v) is 20.0. The zero-order chi connectivity index (χ0) is 23.8. The summed E-state index contributed by atoms with van der Waals surface area (Å²) >= 11 is 0. The number of piperazine rings is 2. The van der Waals surface area contributed by atoms with Crippen molar-refractivity contribution >= 4 is 23.3 Å². The number of rotatable bonds is 7. The van der Waals surface area contributed by atoms with Gasteiger partial charge >= 0.3 is 6.03 Å². The van der Waals surface area contributed by atoms with E-state index in [0.29, 0.717) is 18.8 Å². The van der Waals surface area contributed by atoms with Gasteiger partial charge in [0.25, 0.3) is 0 Å². The molecule has 0 aromatic heterocycles. The highest BCUT2D eigenvalue weighted by Gasteiger charge is 2.23. The van der Waals surface area contributed by atoms with E-state index in [1.54, 1.807) is 4.90 Å². The summed E-state index contributed by atoms with van der Waals surface area (Å²) in [5.74, 6) is -0.112. The number of anilines is 1. The quantitative estimate of drug-likeness (QED) is 0.627. The van der Waals surface area contributed by atoms with Crippen molar-refractivity contribution < 1.29 is 9.59 Å². The second-order valence-corrected chi connectivity index (χ2v) is 8.95. The molecule has 2 aliphatic heterocycles. The fourth-order valence-corrected chi connectivity index (χ4v) is 4.40. The first kappa shape index (κ1) is 24.0. The Bertz CT molecular complexity index is 937. The second kappa shape index (κ2) is 11.9. The van der Waals surface area contributed by atoms with E-state index in [2.05, 4.69) is 56.6 Å². The number of nitrogens with zero attached hydrogens (tertiary/aromatic N) is 6. The zero-order valence-electron chi connectivity index (χ0n) is 20.0. The van der Waals surface area contributed by atoms with Crippen molar-refractivity contribution in [2.75, 3.05) is 77.4 Å². The van der Waals surface area contributed by atoms with Crippen molar-refractivity contribution in [3.05, 3.63) is 60.2 Å². The third-order valence-electron chi connectivity index (χ3n) is 6.58. The molecule has 2 aromatic rings. The molecule has 2 fully saturated rings. The molecular weight excluding hydrogens is 428 g/mol. The molecule has 2 heterocycles. The van der Waals surface area contributed by atoms with Crippen molar-refractivity contribution in [1.82, 2.24) is 25.3 Å². The summed E-state index contributed by atoms with van der Waals surface area (Å²) in [6, 6.07) is 17.5. The average Bonchev–Trinajstić information content (AvgIpc) is 2.88. The van der Waals surface area contributed by atoms with Crippen LogP contribution in [0.2, 0.25) is 0 Å². The molecule has 2 radical (unpaired) electrons. The molecule has 2 saturated heterocycles. The third-order valence-corrected chi connectivity index (χ3v) is 6.58. The minimum atomic E-state index is -0.601. The van der Waals surface area contributed by atoms with Gasteiger partial charge in [-0.3, -0.25) is 9.69 Å². The molecule has 3 amide bonds. The number of likely N-dealkylation sites (N-methyl/N-ethyl adjacent to an activating group) is 1. The van der Waals surface area contributed by atoms with Crippen LogP contribution in [0.3, 0.4) is 0 Å². The number of carbonyl (C=O) groups excluding carboxylic acids is 2. The predicted molar refractivity (Wildman–Crippen MR) is 134 cm³/mol. The summed E-state index contributed by atoms with van der Waals surface area (Å²) in [6.45, 7) is 7.59. The molecule has 0 unspecified atom stereocenters. The maximum atomic E-state index is 12.6. The van der Waals surface area contributed by atoms with E-state index in [9.17, 15) is 9.59 Å². The minimum Gasteiger partial charge on any atom is -0.367 e. The molecule has 180 valence electrons. The molecule has 2 aromatic carbocycles. The molecule has 2 aliphatic rings. The second-order valence-electron chi connectivity index (χ2n) is 8.95. The van der Waals surface area contributed by atoms with E-state index < -0.39 is 6.03 Å². The van der Waals surface area contributed by atoms with Crippen LogP contribution >= 0.6 is 0 Å². The van der Waals surface area contributed by atoms with Gasteiger partial charge in [-0.2, -0.15) is 5.32 Å². The molecule has 0 bridgehead atoms. The van der Waals surface area contributed by atoms with Crippen molar-refractivity contribution in [3.63, 3.8) is 0 Å². The van der Waals surface area contributed by atoms with Gasteiger partial charge in [-0.15, -0.1) is 0 Å². The Morgan fingerprint density at radius 1 is 0.824 bits per heavy atom. The fourth-order valence-electron chi connectivity index (χ4n) is 4.40. The number of para-hydroxylation sites is 2. The molecule has 0 saturated carbocycles. The van der Waals surface area contributed by atoms with Crippen molar-refractivity contribution in [2.45, 2.75) is 6.42 Å². The van der Waals surface area contributed by atoms with Gasteiger partial charge in [-0.25, -0.2) is 10.1 Å². The summed E-state index contributed by atoms with van der Waals surface area (Å²) in [7, 11) is 2.11. The molecular formula is C26H34N6O2. The van der Waals surface area contributed by atoms with Crippen LogP contribution in [0.4, 0.5) is 16.2 Å². The van der Waals surface area contributed by atoms with Gasteiger partial charge in [-0.05, 0) is 31.2 Å². The van der Waals surface area contributed by atoms with Crippen molar-refractivity contribution in [2.24, 2.45) is 0 Å². The molecule has 4 rings (SSSR count). The van der Waals surface area contributed by atoms with Gasteiger partial charge in [0.2, 0.25) is 5.91 Å². The first-order chi connectivity index (χ1) is 16.6. The number of hydrogen-bond donors (Lipinski definition) is 0. The molecule has 0 N–H and O–H groups in total. The largest absolute Gasteiger partial charge is 0.367 e. The lowest BCUT2D eigenvalue weighted by Crippen LogP contribution is -2.50. The van der Waals surface area contributed by atoms with Gasteiger partial charge in [-0.1, -0.05) is 42.5 Å². The highest BCUT2D eigenvalue weighted by atomic mass is 16.2. The van der Waals surface area contributed by atoms with E-state index in [-0.39, 0.29) is 12.5 Å². The van der Waals surface area contributed by atoms with Crippen LogP contribution in [0.15, 0.2) is 54.6 Å². The molecule has 0 atom stereocenters. The third kappa shape index (κ3) is 6.71. The van der Waals surface area contributed by atoms with Crippen LogP contribution in [0.1, 0.15) is 5.56 Å². The Morgan fingerprint density at radius 3 is 2.24 bits per heavy atom. The standard InChI is InChI=1S/C26H34N6O2/c1-29-13-17-31(18-14-29)24-10-6-5-9-23(24)28-26(34)27-21-25(33)32-19-15-30(16-20-32)12-11-22-7-3-2-4-8-22/h2-10H,11-21H2,1H3. The van der Waals surface area contributed by atoms with Crippen LogP contribution in [0, 0.1) is 0 Å². The molecule has 8 nitrogen and oxygen atoms in total. The van der Waals surface area contributed by atoms with Gasteiger partial charge in [0, 0.05) is 58.9 Å².